The van der Waals surface area contributed by atoms with Gasteiger partial charge in [0.05, 0.1) is 6.54 Å². The Morgan fingerprint density at radius 3 is 2.32 bits per heavy atom. The van der Waals surface area contributed by atoms with Gasteiger partial charge in [0, 0.05) is 23.1 Å². The highest BCUT2D eigenvalue weighted by atomic mass is 32.1. The first-order chi connectivity index (χ1) is 16.1. The average molecular weight is 493 g/mol. The SMILES string of the molecule is Cc1cc(C)nc(NC(=NCc2ccc(F)cc2)NC(=S)Nc2cccc(OC(F)(F)F)c2)n1. The van der Waals surface area contributed by atoms with E-state index in [9.17, 15) is 17.6 Å². The van der Waals surface area contributed by atoms with Crippen LogP contribution in [0.4, 0.5) is 29.2 Å². The molecule has 7 nitrogen and oxygen atoms in total. The number of hydrogen-bond acceptors (Lipinski definition) is 5. The number of nitrogens with one attached hydrogen (secondary N) is 3. The van der Waals surface area contributed by atoms with Crippen molar-refractivity contribution in [3.63, 3.8) is 0 Å². The Bertz CT molecular complexity index is 1160. The molecule has 0 bridgehead atoms. The summed E-state index contributed by atoms with van der Waals surface area (Å²) in [6.07, 6.45) is -4.81. The fourth-order valence-electron chi connectivity index (χ4n) is 2.80. The van der Waals surface area contributed by atoms with Crippen LogP contribution < -0.4 is 20.7 Å². The maximum atomic E-state index is 13.2. The molecule has 178 valence electrons. The van der Waals surface area contributed by atoms with Crippen molar-refractivity contribution in [2.24, 2.45) is 4.99 Å². The zero-order valence-electron chi connectivity index (χ0n) is 18.1. The van der Waals surface area contributed by atoms with E-state index in [-0.39, 0.29) is 35.1 Å². The molecule has 0 aliphatic rings. The lowest BCUT2D eigenvalue weighted by atomic mass is 10.2. The fourth-order valence-corrected chi connectivity index (χ4v) is 3.01. The largest absolute Gasteiger partial charge is 0.573 e. The van der Waals surface area contributed by atoms with E-state index in [1.165, 1.54) is 30.3 Å². The van der Waals surface area contributed by atoms with Gasteiger partial charge < -0.3 is 15.4 Å². The van der Waals surface area contributed by atoms with Crippen molar-refractivity contribution in [1.29, 1.82) is 0 Å². The number of aryl methyl sites for hydroxylation is 2. The molecule has 0 saturated carbocycles. The number of guanidine groups is 1. The van der Waals surface area contributed by atoms with E-state index < -0.39 is 12.1 Å². The van der Waals surface area contributed by atoms with Crippen molar-refractivity contribution >= 4 is 34.9 Å². The van der Waals surface area contributed by atoms with Gasteiger partial charge in [0.25, 0.3) is 0 Å². The third-order valence-electron chi connectivity index (χ3n) is 4.10. The summed E-state index contributed by atoms with van der Waals surface area (Å²) in [7, 11) is 0. The summed E-state index contributed by atoms with van der Waals surface area (Å²) < 4.78 is 54.5. The summed E-state index contributed by atoms with van der Waals surface area (Å²) in [5.41, 5.74) is 2.46. The maximum absolute atomic E-state index is 13.2. The molecule has 12 heteroatoms. The Morgan fingerprint density at radius 2 is 1.68 bits per heavy atom. The summed E-state index contributed by atoms with van der Waals surface area (Å²) >= 11 is 5.28. The smallest absolute Gasteiger partial charge is 0.406 e. The van der Waals surface area contributed by atoms with E-state index in [2.05, 4.69) is 35.6 Å². The summed E-state index contributed by atoms with van der Waals surface area (Å²) in [5, 5.41) is 8.60. The normalized spacial score (nSPS) is 11.6. The van der Waals surface area contributed by atoms with Gasteiger partial charge in [-0.25, -0.2) is 19.4 Å². The number of nitrogens with zero attached hydrogens (tertiary/aromatic N) is 3. The quantitative estimate of drug-likeness (QED) is 0.198. The van der Waals surface area contributed by atoms with Crippen molar-refractivity contribution in [2.45, 2.75) is 26.8 Å². The summed E-state index contributed by atoms with van der Waals surface area (Å²) in [5.74, 6) is -0.317. The van der Waals surface area contributed by atoms with Crippen LogP contribution in [0.2, 0.25) is 0 Å². The number of aromatic nitrogens is 2. The van der Waals surface area contributed by atoms with Gasteiger partial charge in [-0.15, -0.1) is 13.2 Å². The van der Waals surface area contributed by atoms with Gasteiger partial charge in [0.15, 0.2) is 5.11 Å². The first-order valence-electron chi connectivity index (χ1n) is 9.88. The lowest BCUT2D eigenvalue weighted by molar-refractivity contribution is -0.274. The van der Waals surface area contributed by atoms with Crippen molar-refractivity contribution in [2.75, 3.05) is 10.6 Å². The van der Waals surface area contributed by atoms with Crippen molar-refractivity contribution < 1.29 is 22.3 Å². The highest BCUT2D eigenvalue weighted by Gasteiger charge is 2.31. The number of hydrogen-bond donors (Lipinski definition) is 3. The second-order valence-electron chi connectivity index (χ2n) is 7.05. The molecule has 0 amide bonds. The maximum Gasteiger partial charge on any atom is 0.573 e. The second-order valence-corrected chi connectivity index (χ2v) is 7.45. The minimum Gasteiger partial charge on any atom is -0.406 e. The highest BCUT2D eigenvalue weighted by Crippen LogP contribution is 2.25. The van der Waals surface area contributed by atoms with Gasteiger partial charge in [-0.3, -0.25) is 5.32 Å². The topological polar surface area (TPSA) is 83.5 Å². The number of alkyl halides is 3. The molecule has 1 aromatic heterocycles. The first-order valence-corrected chi connectivity index (χ1v) is 10.3. The predicted octanol–water partition coefficient (Wildman–Crippen LogP) is 5.09. The van der Waals surface area contributed by atoms with Crippen molar-refractivity contribution in [1.82, 2.24) is 15.3 Å². The van der Waals surface area contributed by atoms with Crippen LogP contribution in [0.1, 0.15) is 17.0 Å². The lowest BCUT2D eigenvalue weighted by Gasteiger charge is -2.15. The molecule has 34 heavy (non-hydrogen) atoms. The molecule has 0 radical (unpaired) electrons. The Labute approximate surface area is 198 Å². The van der Waals surface area contributed by atoms with Crippen LogP contribution in [0.15, 0.2) is 59.6 Å². The molecular formula is C22H20F4N6OS. The van der Waals surface area contributed by atoms with Crippen LogP contribution >= 0.6 is 12.2 Å². The molecule has 3 N–H and O–H groups in total. The molecule has 0 spiro atoms. The molecule has 0 unspecified atom stereocenters. The Balaban J connectivity index is 1.75. The molecule has 1 heterocycles. The minimum absolute atomic E-state index is 0.0406. The number of anilines is 2. The van der Waals surface area contributed by atoms with Crippen molar-refractivity contribution in [3.8, 4) is 5.75 Å². The van der Waals surface area contributed by atoms with Crippen LogP contribution in [0.3, 0.4) is 0 Å². The molecule has 0 atom stereocenters. The number of rotatable bonds is 5. The third-order valence-corrected chi connectivity index (χ3v) is 4.31. The highest BCUT2D eigenvalue weighted by molar-refractivity contribution is 7.80. The Morgan fingerprint density at radius 1 is 1.00 bits per heavy atom. The zero-order valence-corrected chi connectivity index (χ0v) is 18.9. The standard InChI is InChI=1S/C22H20F4N6OS/c1-13-10-14(2)29-20(28-13)31-19(27-12-15-6-8-16(23)9-7-15)32-21(34)30-17-4-3-5-18(11-17)33-22(24,25)26/h3-11H,12H2,1-2H3,(H3,27,28,29,30,31,32,34). The molecule has 2 aromatic carbocycles. The van der Waals surface area contributed by atoms with Crippen LogP contribution in [-0.2, 0) is 6.54 Å². The van der Waals surface area contributed by atoms with Crippen LogP contribution in [-0.4, -0.2) is 27.4 Å². The van der Waals surface area contributed by atoms with Crippen molar-refractivity contribution in [3.05, 3.63) is 77.4 Å². The van der Waals surface area contributed by atoms with Crippen LogP contribution in [0, 0.1) is 19.7 Å². The van der Waals surface area contributed by atoms with E-state index in [0.717, 1.165) is 23.0 Å². The third kappa shape index (κ3) is 8.28. The Kier molecular flexibility index (Phi) is 7.95. The number of thiocarbonyl (C=S) groups is 1. The van der Waals surface area contributed by atoms with E-state index in [1.54, 1.807) is 18.2 Å². The number of ether oxygens (including phenoxy) is 1. The van der Waals surface area contributed by atoms with Gasteiger partial charge in [0.2, 0.25) is 11.9 Å². The lowest BCUT2D eigenvalue weighted by Crippen LogP contribution is -2.39. The zero-order chi connectivity index (χ0) is 24.7. The Hall–Kier alpha value is -3.80. The van der Waals surface area contributed by atoms with E-state index in [1.807, 2.05) is 13.8 Å². The number of benzene rings is 2. The average Bonchev–Trinajstić information content (AvgIpc) is 2.71. The summed E-state index contributed by atoms with van der Waals surface area (Å²) in [6, 6.07) is 12.8. The molecule has 0 fully saturated rings. The van der Waals surface area contributed by atoms with Gasteiger partial charge in [-0.2, -0.15) is 0 Å². The number of aliphatic imine (C=N–C) groups is 1. The molecule has 3 rings (SSSR count). The fraction of sp³-hybridized carbons (Fsp3) is 0.182. The van der Waals surface area contributed by atoms with E-state index >= 15 is 0 Å². The molecule has 0 saturated heterocycles. The predicted molar refractivity (Wildman–Crippen MR) is 125 cm³/mol. The summed E-state index contributed by atoms with van der Waals surface area (Å²) in [6.45, 7) is 3.80. The second kappa shape index (κ2) is 10.9. The molecular weight excluding hydrogens is 472 g/mol. The molecule has 0 aliphatic carbocycles. The van der Waals surface area contributed by atoms with E-state index in [0.29, 0.717) is 0 Å². The van der Waals surface area contributed by atoms with Crippen LogP contribution in [0.5, 0.6) is 5.75 Å². The van der Waals surface area contributed by atoms with E-state index in [4.69, 9.17) is 12.2 Å². The number of halogens is 4. The first kappa shape index (κ1) is 24.8. The van der Waals surface area contributed by atoms with Gasteiger partial charge >= 0.3 is 6.36 Å². The molecule has 3 aromatic rings. The van der Waals surface area contributed by atoms with Crippen LogP contribution in [0.25, 0.3) is 0 Å². The van der Waals surface area contributed by atoms with Gasteiger partial charge in [0.1, 0.15) is 11.6 Å². The molecule has 0 aliphatic heterocycles. The summed E-state index contributed by atoms with van der Waals surface area (Å²) in [4.78, 5) is 13.0. The monoisotopic (exact) mass is 492 g/mol. The minimum atomic E-state index is -4.81. The van der Waals surface area contributed by atoms with Gasteiger partial charge in [-0.05, 0) is 62.0 Å². The van der Waals surface area contributed by atoms with Gasteiger partial charge in [-0.1, -0.05) is 18.2 Å².